The second kappa shape index (κ2) is 29.0. The van der Waals surface area contributed by atoms with Crippen LogP contribution in [0.15, 0.2) is 89.2 Å². The molecule has 0 aromatic heterocycles. The fourth-order valence-corrected chi connectivity index (χ4v) is 5.62. The molecule has 4 aliphatic carbocycles. The van der Waals surface area contributed by atoms with E-state index in [2.05, 4.69) is 138 Å². The Morgan fingerprint density at radius 3 is 0.229 bits per heavy atom. The summed E-state index contributed by atoms with van der Waals surface area (Å²) >= 11 is 0. The van der Waals surface area contributed by atoms with E-state index < -0.39 is 0 Å². The molecule has 0 saturated carbocycles. The molecule has 0 aromatic carbocycles. The molecule has 0 unspecified atom stereocenters. The summed E-state index contributed by atoms with van der Waals surface area (Å²) in [6.07, 6.45) is 0. The minimum Gasteiger partial charge on any atom is -1.00 e. The Kier molecular flexibility index (Phi) is 40.9. The normalized spacial score (nSPS) is 17.8. The number of halogens is 4. The van der Waals surface area contributed by atoms with Crippen LogP contribution in [0.25, 0.3) is 0 Å². The Bertz CT molecular complexity index is 1010. The van der Waals surface area contributed by atoms with E-state index in [1.165, 1.54) is 113 Å². The topological polar surface area (TPSA) is 0 Å². The van der Waals surface area contributed by atoms with Crippen molar-refractivity contribution in [3.8, 4) is 0 Å². The number of rotatable bonds is 0. The molecule has 0 amide bonds. The van der Waals surface area contributed by atoms with E-state index in [1.54, 1.807) is 0 Å². The Hall–Kier alpha value is 1.57. The fraction of sp³-hybridized carbons (Fsp3) is 0.500. The van der Waals surface area contributed by atoms with Gasteiger partial charge in [-0.05, 0) is 155 Å². The van der Waals surface area contributed by atoms with Crippen LogP contribution >= 0.6 is 0 Å². The van der Waals surface area contributed by atoms with Gasteiger partial charge in [0.15, 0.2) is 0 Å². The van der Waals surface area contributed by atoms with E-state index in [-0.39, 0.29) is 128 Å². The molecule has 0 bridgehead atoms. The zero-order valence-electron chi connectivity index (χ0n) is 32.9. The molecule has 0 atom stereocenters. The fourth-order valence-electron chi connectivity index (χ4n) is 5.62. The van der Waals surface area contributed by atoms with Gasteiger partial charge in [0.1, 0.15) is 0 Å². The molecule has 8 heteroatoms. The average Bonchev–Trinajstić information content (AvgIpc) is 3.37. The Labute approximate surface area is 375 Å². The minimum atomic E-state index is 0. The van der Waals surface area contributed by atoms with E-state index in [0.717, 1.165) is 0 Å². The summed E-state index contributed by atoms with van der Waals surface area (Å²) in [4.78, 5) is 0. The van der Waals surface area contributed by atoms with Crippen molar-refractivity contribution in [2.75, 3.05) is 0 Å². The number of hydrogen-bond donors (Lipinski definition) is 0. The van der Waals surface area contributed by atoms with Crippen molar-refractivity contribution in [1.29, 1.82) is 0 Å². The molecule has 8 radical (unpaired) electrons. The van der Waals surface area contributed by atoms with E-state index in [0.29, 0.717) is 0 Å². The molecule has 280 valence electrons. The van der Waals surface area contributed by atoms with Crippen molar-refractivity contribution >= 4 is 0 Å². The first-order chi connectivity index (χ1) is 18.2. The van der Waals surface area contributed by atoms with Gasteiger partial charge in [-0.3, -0.25) is 0 Å². The summed E-state index contributed by atoms with van der Waals surface area (Å²) in [5, 5.41) is 0. The minimum absolute atomic E-state index is 0. The van der Waals surface area contributed by atoms with Gasteiger partial charge in [-0.15, -0.1) is 0 Å². The van der Waals surface area contributed by atoms with Gasteiger partial charge in [-0.1, -0.05) is 72.3 Å². The van der Waals surface area contributed by atoms with Gasteiger partial charge >= 0.3 is 77.9 Å². The van der Waals surface area contributed by atoms with Crippen LogP contribution in [-0.4, -0.2) is 0 Å². The van der Waals surface area contributed by atoms with Gasteiger partial charge in [0.25, 0.3) is 0 Å². The van der Waals surface area contributed by atoms with Crippen molar-refractivity contribution in [3.05, 3.63) is 113 Å². The van der Waals surface area contributed by atoms with Gasteiger partial charge in [0, 0.05) is 23.7 Å². The predicted octanol–water partition coefficient (Wildman–Crippen LogP) is 1.07. The van der Waals surface area contributed by atoms with Crippen LogP contribution in [0.2, 0.25) is 0 Å². The largest absolute Gasteiger partial charge is 1.00 e. The molecule has 0 N–H and O–H groups in total. The predicted molar refractivity (Wildman–Crippen MR) is 183 cm³/mol. The number of hydrogen-bond acceptors (Lipinski definition) is 0. The molecule has 4 rings (SSSR count). The third kappa shape index (κ3) is 15.5. The maximum absolute atomic E-state index is 2.20. The zero-order chi connectivity index (χ0) is 31.5. The van der Waals surface area contributed by atoms with Crippen LogP contribution in [0.1, 0.15) is 138 Å². The van der Waals surface area contributed by atoms with Crippen molar-refractivity contribution in [2.24, 2.45) is 0 Å². The summed E-state index contributed by atoms with van der Waals surface area (Å²) < 4.78 is 0. The Morgan fingerprint density at radius 1 is 0.146 bits per heavy atom. The maximum atomic E-state index is 2.20. The van der Waals surface area contributed by atoms with Gasteiger partial charge in [-0.2, -0.15) is 0 Å². The molecule has 0 fully saturated rings. The molecule has 0 aliphatic heterocycles. The van der Waals surface area contributed by atoms with E-state index >= 15 is 0 Å². The molecule has 0 saturated heterocycles. The van der Waals surface area contributed by atoms with Crippen molar-refractivity contribution in [1.82, 2.24) is 0 Å². The first-order valence-electron chi connectivity index (χ1n) is 15.0. The van der Waals surface area contributed by atoms with Gasteiger partial charge in [0.2, 0.25) is 0 Å². The van der Waals surface area contributed by atoms with Crippen LogP contribution in [0.5, 0.6) is 0 Å². The molecular weight excluding hydrogens is 1030 g/mol. The molecule has 4 aliphatic rings. The Morgan fingerprint density at radius 2 is 0.208 bits per heavy atom. The second-order valence-electron chi connectivity index (χ2n) is 12.5. The van der Waals surface area contributed by atoms with Gasteiger partial charge in [0.05, 0.1) is 0 Å². The van der Waals surface area contributed by atoms with Gasteiger partial charge < -0.3 is 49.6 Å². The van der Waals surface area contributed by atoms with Crippen LogP contribution in [0, 0.1) is 23.7 Å². The first kappa shape index (κ1) is 67.7. The third-order valence-corrected chi connectivity index (χ3v) is 11.2. The summed E-state index contributed by atoms with van der Waals surface area (Å²) in [6.45, 7) is 44.0. The molecule has 0 spiro atoms. The summed E-state index contributed by atoms with van der Waals surface area (Å²) in [7, 11) is 0. The van der Waals surface area contributed by atoms with Gasteiger partial charge in [-0.25, -0.2) is 0 Å². The average molecular weight is 1090 g/mol. The van der Waals surface area contributed by atoms with E-state index in [1.807, 2.05) is 0 Å². The molecule has 0 heterocycles. The zero-order valence-corrected chi connectivity index (χ0v) is 42.9. The van der Waals surface area contributed by atoms with Crippen LogP contribution in [0.4, 0.5) is 0 Å². The van der Waals surface area contributed by atoms with Crippen LogP contribution in [0.3, 0.4) is 0 Å². The molecule has 0 nitrogen and oxygen atoms in total. The molecule has 48 heavy (non-hydrogen) atoms. The quantitative estimate of drug-likeness (QED) is 0.320. The third-order valence-electron chi connectivity index (χ3n) is 11.2. The number of allylic oxidation sites excluding steroid dienone is 16. The molecular formula is C40H60Cl4Ru4. The summed E-state index contributed by atoms with van der Waals surface area (Å²) in [6, 6.07) is 0. The van der Waals surface area contributed by atoms with E-state index in [4.69, 9.17) is 0 Å². The second-order valence-corrected chi connectivity index (χ2v) is 12.5. The van der Waals surface area contributed by atoms with Crippen LogP contribution in [-0.2, 0) is 77.9 Å². The molecule has 0 aromatic rings. The SMILES string of the molecule is C[C]1C(C)=C(C)C(C)=C1C.C[C]1C(C)=C(C)C(C)=C1C.C[C]1C(C)=C(C)C(C)=C1C.C[C]1C(C)=C(C)C(C)=C1C.[Cl-].[Cl-].[Cl-].[Cl-].[Ru+].[Ru+].[Ru+].[Ru+]. The first-order valence-corrected chi connectivity index (χ1v) is 15.0. The van der Waals surface area contributed by atoms with Crippen molar-refractivity contribution < 1.29 is 128 Å². The van der Waals surface area contributed by atoms with Crippen molar-refractivity contribution in [2.45, 2.75) is 138 Å². The Balaban J connectivity index is -0.0000000702. The summed E-state index contributed by atoms with van der Waals surface area (Å²) in [5.74, 6) is 5.87. The summed E-state index contributed by atoms with van der Waals surface area (Å²) in [5.41, 5.74) is 23.5. The van der Waals surface area contributed by atoms with Crippen molar-refractivity contribution in [3.63, 3.8) is 0 Å². The van der Waals surface area contributed by atoms with E-state index in [9.17, 15) is 0 Å². The standard InChI is InChI=1S/4C10H15.4ClH.4Ru/c4*1-6-7(2)9(4)10(5)8(6)3;;;;;;;;/h4*1-5H3;4*1H;;;;/q;;;;;;;;4*+1/p-4. The van der Waals surface area contributed by atoms with Crippen LogP contribution < -0.4 is 49.6 Å². The monoisotopic (exact) mass is 1090 g/mol. The smallest absolute Gasteiger partial charge is 1.00 e. The maximum Gasteiger partial charge on any atom is 1.00 e.